The van der Waals surface area contributed by atoms with Crippen LogP contribution in [-0.2, 0) is 11.2 Å². The van der Waals surface area contributed by atoms with Gasteiger partial charge in [-0.3, -0.25) is 14.6 Å². The van der Waals surface area contributed by atoms with Gasteiger partial charge >= 0.3 is 0 Å². The number of carbonyl (C=O) groups is 2. The maximum Gasteiger partial charge on any atom is 0.253 e. The Bertz CT molecular complexity index is 1710. The number of imidazole rings is 1. The number of pyridine rings is 1. The Morgan fingerprint density at radius 1 is 1.02 bits per heavy atom. The summed E-state index contributed by atoms with van der Waals surface area (Å²) in [7, 11) is 3.35. The third-order valence-electron chi connectivity index (χ3n) is 6.61. The number of likely N-dealkylation sites (N-methyl/N-ethyl adjacent to an activating group) is 1. The van der Waals surface area contributed by atoms with E-state index in [4.69, 9.17) is 16.7 Å². The minimum absolute atomic E-state index is 0.158. The van der Waals surface area contributed by atoms with Gasteiger partial charge in [0.05, 0.1) is 34.2 Å². The Morgan fingerprint density at radius 3 is 2.58 bits per heavy atom. The summed E-state index contributed by atoms with van der Waals surface area (Å²) in [4.78, 5) is 40.4. The molecule has 0 saturated heterocycles. The second kappa shape index (κ2) is 11.4. The average Bonchev–Trinajstić information content (AvgIpc) is 3.33. The van der Waals surface area contributed by atoms with Gasteiger partial charge in [-0.25, -0.2) is 14.5 Å². The quantitative estimate of drug-likeness (QED) is 0.294. The molecule has 0 radical (unpaired) electrons. The van der Waals surface area contributed by atoms with Crippen molar-refractivity contribution >= 4 is 40.1 Å². The predicted octanol–water partition coefficient (Wildman–Crippen LogP) is 4.82. The van der Waals surface area contributed by atoms with Crippen molar-refractivity contribution in [3.63, 3.8) is 0 Å². The molecule has 0 aliphatic carbocycles. The van der Waals surface area contributed by atoms with Gasteiger partial charge in [-0.1, -0.05) is 43.6 Å². The van der Waals surface area contributed by atoms with Crippen LogP contribution in [0.4, 0.5) is 0 Å². The lowest BCUT2D eigenvalue weighted by atomic mass is 10.0. The van der Waals surface area contributed by atoms with Crippen molar-refractivity contribution < 1.29 is 9.59 Å². The molecular weight excluding hydrogens is 526 g/mol. The van der Waals surface area contributed by atoms with Gasteiger partial charge < -0.3 is 10.2 Å². The fourth-order valence-corrected chi connectivity index (χ4v) is 4.88. The number of carbonyl (C=O) groups excluding carboxylic acids is 2. The highest BCUT2D eigenvalue weighted by Crippen LogP contribution is 2.25. The fraction of sp³-hybridized carbons (Fsp3) is 0.267. The van der Waals surface area contributed by atoms with Crippen molar-refractivity contribution in [2.24, 2.45) is 5.92 Å². The molecule has 204 valence electrons. The lowest BCUT2D eigenvalue weighted by Gasteiger charge is -2.23. The first-order valence-corrected chi connectivity index (χ1v) is 13.4. The number of hydrogen-bond acceptors (Lipinski definition) is 6. The first kappa shape index (κ1) is 27.2. The molecule has 2 amide bonds. The zero-order chi connectivity index (χ0) is 28.4. The molecule has 10 heteroatoms. The third-order valence-corrected chi connectivity index (χ3v) is 6.93. The summed E-state index contributed by atoms with van der Waals surface area (Å²) < 4.78 is 1.72. The highest BCUT2D eigenvalue weighted by molar-refractivity contribution is 6.34. The van der Waals surface area contributed by atoms with Crippen LogP contribution >= 0.6 is 11.6 Å². The monoisotopic (exact) mass is 555 g/mol. The standard InChI is InChI=1S/C30H30ClN7O2/c1-18(2)12-26(29(40)37(3)4)35-28(39)23-9-8-21(15-24(23)31)27-17-34-30-33-16-22(38(30)36-27)14-19-7-10-25-20(13-19)6-5-11-32-25/h5-11,13,15-18,26H,12,14H2,1-4H3,(H,35,39). The van der Waals surface area contributed by atoms with Gasteiger partial charge in [-0.2, -0.15) is 5.10 Å². The van der Waals surface area contributed by atoms with Gasteiger partial charge in [0.15, 0.2) is 0 Å². The molecule has 40 heavy (non-hydrogen) atoms. The van der Waals surface area contributed by atoms with Crippen molar-refractivity contribution in [1.82, 2.24) is 34.8 Å². The second-order valence-corrected chi connectivity index (χ2v) is 10.8. The van der Waals surface area contributed by atoms with E-state index in [0.717, 1.165) is 22.2 Å². The fourth-order valence-electron chi connectivity index (χ4n) is 4.62. The number of halogens is 1. The largest absolute Gasteiger partial charge is 0.347 e. The number of nitrogens with one attached hydrogen (secondary N) is 1. The zero-order valence-corrected chi connectivity index (χ0v) is 23.6. The van der Waals surface area contributed by atoms with E-state index in [-0.39, 0.29) is 22.4 Å². The molecule has 0 aliphatic heterocycles. The summed E-state index contributed by atoms with van der Waals surface area (Å²) in [5, 5.41) is 8.95. The van der Waals surface area contributed by atoms with Crippen molar-refractivity contribution in [1.29, 1.82) is 0 Å². The van der Waals surface area contributed by atoms with E-state index in [1.807, 2.05) is 38.1 Å². The van der Waals surface area contributed by atoms with Gasteiger partial charge in [0, 0.05) is 37.7 Å². The minimum atomic E-state index is -0.634. The van der Waals surface area contributed by atoms with Crippen LogP contribution in [0.15, 0.2) is 67.1 Å². The summed E-state index contributed by atoms with van der Waals surface area (Å²) in [5.41, 5.74) is 4.52. The van der Waals surface area contributed by atoms with Crippen LogP contribution in [0.3, 0.4) is 0 Å². The van der Waals surface area contributed by atoms with Crippen LogP contribution in [-0.4, -0.2) is 61.4 Å². The van der Waals surface area contributed by atoms with Crippen LogP contribution in [0.25, 0.3) is 27.9 Å². The maximum absolute atomic E-state index is 13.1. The number of hydrogen-bond donors (Lipinski definition) is 1. The van der Waals surface area contributed by atoms with Crippen molar-refractivity contribution in [3.8, 4) is 11.3 Å². The van der Waals surface area contributed by atoms with Gasteiger partial charge in [0.2, 0.25) is 5.91 Å². The molecule has 1 N–H and O–H groups in total. The molecule has 0 bridgehead atoms. The number of amides is 2. The first-order valence-electron chi connectivity index (χ1n) is 13.0. The molecule has 9 nitrogen and oxygen atoms in total. The molecule has 0 saturated carbocycles. The van der Waals surface area contributed by atoms with Crippen molar-refractivity contribution in [2.45, 2.75) is 32.7 Å². The van der Waals surface area contributed by atoms with Gasteiger partial charge in [0.25, 0.3) is 11.7 Å². The molecule has 0 aliphatic rings. The topological polar surface area (TPSA) is 105 Å². The molecule has 5 aromatic rings. The van der Waals surface area contributed by atoms with E-state index in [1.165, 1.54) is 4.90 Å². The van der Waals surface area contributed by atoms with Crippen LogP contribution in [0.1, 0.15) is 41.9 Å². The molecule has 1 unspecified atom stereocenters. The van der Waals surface area contributed by atoms with E-state index in [9.17, 15) is 9.59 Å². The average molecular weight is 556 g/mol. The number of nitrogens with zero attached hydrogens (tertiary/aromatic N) is 6. The number of fused-ring (bicyclic) bond motifs is 2. The Kier molecular flexibility index (Phi) is 7.75. The normalized spacial score (nSPS) is 12.2. The van der Waals surface area contributed by atoms with Crippen molar-refractivity contribution in [3.05, 3.63) is 89.0 Å². The summed E-state index contributed by atoms with van der Waals surface area (Å²) in [6.45, 7) is 4.01. The van der Waals surface area contributed by atoms with E-state index in [2.05, 4.69) is 26.3 Å². The van der Waals surface area contributed by atoms with E-state index in [0.29, 0.717) is 29.9 Å². The summed E-state index contributed by atoms with van der Waals surface area (Å²) in [6.07, 6.45) is 6.33. The first-order chi connectivity index (χ1) is 19.2. The molecule has 3 heterocycles. The molecular formula is C30H30ClN7O2. The second-order valence-electron chi connectivity index (χ2n) is 10.4. The number of benzene rings is 2. The van der Waals surface area contributed by atoms with Gasteiger partial charge in [0.1, 0.15) is 11.7 Å². The van der Waals surface area contributed by atoms with E-state index in [1.54, 1.807) is 55.4 Å². The maximum atomic E-state index is 13.1. The summed E-state index contributed by atoms with van der Waals surface area (Å²) in [5.74, 6) is 0.160. The Labute approximate surface area is 237 Å². The van der Waals surface area contributed by atoms with Gasteiger partial charge in [-0.15, -0.1) is 0 Å². The van der Waals surface area contributed by atoms with Crippen molar-refractivity contribution in [2.75, 3.05) is 14.1 Å². The minimum Gasteiger partial charge on any atom is -0.347 e. The van der Waals surface area contributed by atoms with E-state index >= 15 is 0 Å². The molecule has 1 atom stereocenters. The smallest absolute Gasteiger partial charge is 0.253 e. The molecule has 5 rings (SSSR count). The SMILES string of the molecule is CC(C)CC(NC(=O)c1ccc(-c2cnc3ncc(Cc4ccc5ncccc5c4)n3n2)cc1Cl)C(=O)N(C)C. The van der Waals surface area contributed by atoms with E-state index < -0.39 is 11.9 Å². The number of rotatable bonds is 8. The third kappa shape index (κ3) is 5.79. The molecule has 0 spiro atoms. The number of aromatic nitrogens is 5. The Balaban J connectivity index is 1.39. The van der Waals surface area contributed by atoms with Gasteiger partial charge in [-0.05, 0) is 48.2 Å². The Morgan fingerprint density at radius 2 is 1.82 bits per heavy atom. The summed E-state index contributed by atoms with van der Waals surface area (Å²) >= 11 is 6.56. The predicted molar refractivity (Wildman–Crippen MR) is 155 cm³/mol. The lowest BCUT2D eigenvalue weighted by Crippen LogP contribution is -2.47. The highest BCUT2D eigenvalue weighted by Gasteiger charge is 2.25. The van der Waals surface area contributed by atoms with Crippen LogP contribution in [0.2, 0.25) is 5.02 Å². The van der Waals surface area contributed by atoms with Crippen LogP contribution < -0.4 is 5.32 Å². The highest BCUT2D eigenvalue weighted by atomic mass is 35.5. The molecule has 3 aromatic heterocycles. The molecule has 0 fully saturated rings. The Hall–Kier alpha value is -4.37. The van der Waals surface area contributed by atoms with Crippen LogP contribution in [0, 0.1) is 5.92 Å². The zero-order valence-electron chi connectivity index (χ0n) is 22.8. The lowest BCUT2D eigenvalue weighted by molar-refractivity contribution is -0.131. The summed E-state index contributed by atoms with van der Waals surface area (Å²) in [6, 6.07) is 14.6. The molecule has 2 aromatic carbocycles. The van der Waals surface area contributed by atoms with Crippen LogP contribution in [0.5, 0.6) is 0 Å².